The fourth-order valence-corrected chi connectivity index (χ4v) is 2.88. The van der Waals surface area contributed by atoms with Crippen LogP contribution in [0.5, 0.6) is 0 Å². The first-order valence-corrected chi connectivity index (χ1v) is 7.35. The highest BCUT2D eigenvalue weighted by atomic mass is 16.3. The fourth-order valence-electron chi connectivity index (χ4n) is 2.88. The molecule has 20 heavy (non-hydrogen) atoms. The van der Waals surface area contributed by atoms with E-state index in [1.807, 2.05) is 16.8 Å². The summed E-state index contributed by atoms with van der Waals surface area (Å²) in [4.78, 5) is 4.65. The predicted octanol–water partition coefficient (Wildman–Crippen LogP) is 2.16. The van der Waals surface area contributed by atoms with E-state index in [-0.39, 0.29) is 6.10 Å². The Hall–Kier alpha value is -1.75. The summed E-state index contributed by atoms with van der Waals surface area (Å²) in [5.74, 6) is 0.620. The lowest BCUT2D eigenvalue weighted by Crippen LogP contribution is -2.14. The first-order valence-electron chi connectivity index (χ1n) is 7.35. The molecule has 2 aromatic heterocycles. The number of aryl methyl sites for hydroxylation is 2. The molecule has 5 heteroatoms. The predicted molar refractivity (Wildman–Crippen MR) is 75.8 cm³/mol. The van der Waals surface area contributed by atoms with E-state index in [0.717, 1.165) is 54.7 Å². The van der Waals surface area contributed by atoms with Crippen LogP contribution in [0.25, 0.3) is 5.95 Å². The molecule has 1 unspecified atom stereocenters. The smallest absolute Gasteiger partial charge is 0.253 e. The standard InChI is InChI=1S/C15H20N4O/c1-3-11-12(4-2)17-18-15(16-11)19-9-8-10-13(19)6-5-7-14(10)20/h8-9,14,20H,3-7H2,1-2H3. The molecule has 0 bridgehead atoms. The lowest BCUT2D eigenvalue weighted by Gasteiger charge is -2.19. The van der Waals surface area contributed by atoms with Crippen LogP contribution in [0.4, 0.5) is 0 Å². The summed E-state index contributed by atoms with van der Waals surface area (Å²) >= 11 is 0. The minimum absolute atomic E-state index is 0.353. The molecule has 2 aromatic rings. The van der Waals surface area contributed by atoms with E-state index in [4.69, 9.17) is 0 Å². The van der Waals surface area contributed by atoms with Crippen LogP contribution in [0, 0.1) is 0 Å². The SMILES string of the molecule is CCc1nnc(-n2ccc3c2CCCC3O)nc1CC. The molecule has 5 nitrogen and oxygen atoms in total. The first kappa shape index (κ1) is 13.2. The van der Waals surface area contributed by atoms with Crippen molar-refractivity contribution in [3.8, 4) is 5.95 Å². The third-order valence-corrected chi connectivity index (χ3v) is 3.99. The molecule has 2 heterocycles. The van der Waals surface area contributed by atoms with Crippen LogP contribution in [0.3, 0.4) is 0 Å². The second-order valence-corrected chi connectivity index (χ2v) is 5.21. The summed E-state index contributed by atoms with van der Waals surface area (Å²) in [6, 6.07) is 1.97. The monoisotopic (exact) mass is 272 g/mol. The number of aromatic nitrogens is 4. The van der Waals surface area contributed by atoms with Crippen LogP contribution in [-0.2, 0) is 19.3 Å². The molecule has 0 fully saturated rings. The second kappa shape index (κ2) is 5.32. The van der Waals surface area contributed by atoms with E-state index >= 15 is 0 Å². The largest absolute Gasteiger partial charge is 0.388 e. The fraction of sp³-hybridized carbons (Fsp3) is 0.533. The van der Waals surface area contributed by atoms with Gasteiger partial charge in [-0.25, -0.2) is 4.98 Å². The summed E-state index contributed by atoms with van der Waals surface area (Å²) < 4.78 is 1.98. The van der Waals surface area contributed by atoms with E-state index in [2.05, 4.69) is 29.0 Å². The number of rotatable bonds is 3. The van der Waals surface area contributed by atoms with Crippen molar-refractivity contribution in [2.75, 3.05) is 0 Å². The van der Waals surface area contributed by atoms with Gasteiger partial charge in [0.2, 0.25) is 0 Å². The molecule has 3 rings (SSSR count). The maximum absolute atomic E-state index is 10.0. The van der Waals surface area contributed by atoms with Gasteiger partial charge in [-0.1, -0.05) is 13.8 Å². The van der Waals surface area contributed by atoms with E-state index in [1.165, 1.54) is 0 Å². The van der Waals surface area contributed by atoms with Crippen LogP contribution >= 0.6 is 0 Å². The molecule has 0 saturated carbocycles. The lowest BCUT2D eigenvalue weighted by molar-refractivity contribution is 0.156. The summed E-state index contributed by atoms with van der Waals surface area (Å²) in [6.45, 7) is 4.15. The Balaban J connectivity index is 2.05. The zero-order valence-corrected chi connectivity index (χ0v) is 12.0. The third kappa shape index (κ3) is 2.12. The molecule has 1 aliphatic carbocycles. The number of aliphatic hydroxyl groups is 1. The first-order chi connectivity index (χ1) is 9.74. The molecule has 0 amide bonds. The summed E-state index contributed by atoms with van der Waals surface area (Å²) in [6.07, 6.45) is 6.10. The van der Waals surface area contributed by atoms with Crippen molar-refractivity contribution in [3.63, 3.8) is 0 Å². The van der Waals surface area contributed by atoms with E-state index in [0.29, 0.717) is 5.95 Å². The van der Waals surface area contributed by atoms with Crippen molar-refractivity contribution >= 4 is 0 Å². The van der Waals surface area contributed by atoms with Gasteiger partial charge in [0.05, 0.1) is 17.5 Å². The normalized spacial score (nSPS) is 18.1. The highest BCUT2D eigenvalue weighted by Gasteiger charge is 2.22. The molecule has 0 saturated heterocycles. The number of hydrogen-bond donors (Lipinski definition) is 1. The number of fused-ring (bicyclic) bond motifs is 1. The average Bonchev–Trinajstić information content (AvgIpc) is 2.92. The van der Waals surface area contributed by atoms with Gasteiger partial charge in [0.15, 0.2) is 0 Å². The Labute approximate surface area is 118 Å². The second-order valence-electron chi connectivity index (χ2n) is 5.21. The van der Waals surface area contributed by atoms with Crippen LogP contribution < -0.4 is 0 Å². The summed E-state index contributed by atoms with van der Waals surface area (Å²) in [5, 5.41) is 18.6. The molecule has 106 valence electrons. The zero-order chi connectivity index (χ0) is 14.1. The molecule has 0 spiro atoms. The maximum Gasteiger partial charge on any atom is 0.253 e. The van der Waals surface area contributed by atoms with Crippen LogP contribution in [0.15, 0.2) is 12.3 Å². The number of nitrogens with zero attached hydrogens (tertiary/aromatic N) is 4. The van der Waals surface area contributed by atoms with Gasteiger partial charge in [-0.15, -0.1) is 10.2 Å². The molecular formula is C15H20N4O. The van der Waals surface area contributed by atoms with Gasteiger partial charge in [0.1, 0.15) is 0 Å². The Morgan fingerprint density at radius 1 is 1.25 bits per heavy atom. The van der Waals surface area contributed by atoms with Crippen LogP contribution in [0.1, 0.15) is 55.4 Å². The van der Waals surface area contributed by atoms with Gasteiger partial charge in [-0.3, -0.25) is 4.57 Å². The maximum atomic E-state index is 10.0. The van der Waals surface area contributed by atoms with Crippen LogP contribution in [-0.4, -0.2) is 24.9 Å². The zero-order valence-electron chi connectivity index (χ0n) is 12.0. The van der Waals surface area contributed by atoms with Crippen molar-refractivity contribution in [2.45, 2.75) is 52.1 Å². The molecule has 1 N–H and O–H groups in total. The van der Waals surface area contributed by atoms with Gasteiger partial charge in [0.25, 0.3) is 5.95 Å². The molecule has 0 aromatic carbocycles. The van der Waals surface area contributed by atoms with Crippen molar-refractivity contribution < 1.29 is 5.11 Å². The Morgan fingerprint density at radius 3 is 2.80 bits per heavy atom. The number of aliphatic hydroxyl groups excluding tert-OH is 1. The Bertz CT molecular complexity index is 620. The highest BCUT2D eigenvalue weighted by Crippen LogP contribution is 2.31. The van der Waals surface area contributed by atoms with E-state index in [1.54, 1.807) is 0 Å². The van der Waals surface area contributed by atoms with E-state index in [9.17, 15) is 5.11 Å². The average molecular weight is 272 g/mol. The topological polar surface area (TPSA) is 63.8 Å². The van der Waals surface area contributed by atoms with E-state index < -0.39 is 0 Å². The molecule has 1 aliphatic rings. The third-order valence-electron chi connectivity index (χ3n) is 3.99. The lowest BCUT2D eigenvalue weighted by atomic mass is 9.95. The van der Waals surface area contributed by atoms with Crippen molar-refractivity contribution in [1.29, 1.82) is 0 Å². The summed E-state index contributed by atoms with van der Waals surface area (Å²) in [5.41, 5.74) is 4.11. The minimum atomic E-state index is -0.353. The quantitative estimate of drug-likeness (QED) is 0.930. The van der Waals surface area contributed by atoms with Crippen molar-refractivity contribution in [2.24, 2.45) is 0 Å². The van der Waals surface area contributed by atoms with Gasteiger partial charge in [-0.05, 0) is 38.2 Å². The van der Waals surface area contributed by atoms with Gasteiger partial charge in [0, 0.05) is 17.5 Å². The van der Waals surface area contributed by atoms with Crippen molar-refractivity contribution in [1.82, 2.24) is 19.7 Å². The number of hydrogen-bond acceptors (Lipinski definition) is 4. The van der Waals surface area contributed by atoms with Crippen LogP contribution in [0.2, 0.25) is 0 Å². The minimum Gasteiger partial charge on any atom is -0.388 e. The van der Waals surface area contributed by atoms with Crippen molar-refractivity contribution in [3.05, 3.63) is 34.9 Å². The molecule has 0 aliphatic heterocycles. The Kier molecular flexibility index (Phi) is 3.53. The van der Waals surface area contributed by atoms with Gasteiger partial charge in [-0.2, -0.15) is 0 Å². The molecule has 0 radical (unpaired) electrons. The molecular weight excluding hydrogens is 252 g/mol. The highest BCUT2D eigenvalue weighted by molar-refractivity contribution is 5.33. The molecule has 1 atom stereocenters. The summed E-state index contributed by atoms with van der Waals surface area (Å²) in [7, 11) is 0. The Morgan fingerprint density at radius 2 is 2.05 bits per heavy atom. The van der Waals surface area contributed by atoms with Gasteiger partial charge < -0.3 is 5.11 Å². The van der Waals surface area contributed by atoms with Gasteiger partial charge >= 0.3 is 0 Å².